The first-order valence-electron chi connectivity index (χ1n) is 14.6. The van der Waals surface area contributed by atoms with Crippen molar-refractivity contribution in [3.63, 3.8) is 0 Å². The second kappa shape index (κ2) is 11.3. The number of benzene rings is 1. The topological polar surface area (TPSA) is 96.9 Å². The van der Waals surface area contributed by atoms with E-state index in [1.165, 1.54) is 12.5 Å². The molecule has 4 aliphatic rings. The number of unbranched alkanes of at least 4 members (excludes halogenated alkanes) is 1. The van der Waals surface area contributed by atoms with Gasteiger partial charge in [0.05, 0.1) is 23.8 Å². The van der Waals surface area contributed by atoms with Crippen molar-refractivity contribution >= 4 is 18.9 Å². The molecule has 0 radical (unpaired) electrons. The molecule has 0 aromatic heterocycles. The van der Waals surface area contributed by atoms with Crippen LogP contribution in [0.1, 0.15) is 96.5 Å². The number of rotatable bonds is 11. The summed E-state index contributed by atoms with van der Waals surface area (Å²) in [5.74, 6) is 0.150. The molecule has 210 valence electrons. The van der Waals surface area contributed by atoms with Gasteiger partial charge in [-0.15, -0.1) is 0 Å². The summed E-state index contributed by atoms with van der Waals surface area (Å²) in [7, 11) is -0.562. The first-order valence-corrected chi connectivity index (χ1v) is 14.6. The van der Waals surface area contributed by atoms with Crippen LogP contribution in [-0.4, -0.2) is 53.8 Å². The van der Waals surface area contributed by atoms with Crippen LogP contribution in [0.15, 0.2) is 24.3 Å². The molecule has 3 N–H and O–H groups in total. The average Bonchev–Trinajstić information content (AvgIpc) is 3.22. The minimum Gasteiger partial charge on any atom is -0.404 e. The molecule has 3 saturated carbocycles. The highest BCUT2D eigenvalue weighted by atomic mass is 16.7. The summed E-state index contributed by atoms with van der Waals surface area (Å²) in [5, 5.41) is 16.3. The van der Waals surface area contributed by atoms with Gasteiger partial charge in [-0.1, -0.05) is 53.2 Å². The first kappa shape index (κ1) is 29.1. The van der Waals surface area contributed by atoms with E-state index in [2.05, 4.69) is 52.2 Å². The van der Waals surface area contributed by atoms with E-state index in [9.17, 15) is 14.7 Å². The molecule has 1 aromatic carbocycles. The van der Waals surface area contributed by atoms with E-state index in [4.69, 9.17) is 9.31 Å². The van der Waals surface area contributed by atoms with Crippen LogP contribution in [0.25, 0.3) is 0 Å². The van der Waals surface area contributed by atoms with Crippen molar-refractivity contribution in [1.82, 2.24) is 10.6 Å². The molecule has 1 saturated heterocycles. The normalized spacial score (nSPS) is 29.7. The largest absolute Gasteiger partial charge is 0.481 e. The Bertz CT molecular complexity index is 997. The zero-order valence-electron chi connectivity index (χ0n) is 24.3. The van der Waals surface area contributed by atoms with Crippen molar-refractivity contribution in [2.24, 2.45) is 23.2 Å². The molecule has 38 heavy (non-hydrogen) atoms. The number of hydrogen-bond acceptors (Lipinski definition) is 5. The maximum atomic E-state index is 13.4. The molecule has 8 heteroatoms. The van der Waals surface area contributed by atoms with Crippen LogP contribution < -0.4 is 10.6 Å². The van der Waals surface area contributed by atoms with Gasteiger partial charge in [0.15, 0.2) is 0 Å². The molecule has 2 bridgehead atoms. The number of carbonyl (C=O) groups excluding carboxylic acids is 2. The third-order valence-corrected chi connectivity index (χ3v) is 9.44. The number of nitrogens with one attached hydrogen (secondary N) is 2. The summed E-state index contributed by atoms with van der Waals surface area (Å²) in [6.07, 6.45) is 4.93. The van der Waals surface area contributed by atoms with Gasteiger partial charge in [0.1, 0.15) is 6.04 Å². The number of carbonyl (C=O) groups is 2. The Morgan fingerprint density at radius 2 is 1.79 bits per heavy atom. The molecule has 5 rings (SSSR count). The Kier molecular flexibility index (Phi) is 8.65. The molecule has 1 aromatic rings. The van der Waals surface area contributed by atoms with Crippen LogP contribution in [0.5, 0.6) is 0 Å². The quantitative estimate of drug-likeness (QED) is 0.374. The van der Waals surface area contributed by atoms with Crippen molar-refractivity contribution in [3.05, 3.63) is 35.4 Å². The van der Waals surface area contributed by atoms with Crippen LogP contribution in [0.4, 0.5) is 0 Å². The third-order valence-electron chi connectivity index (χ3n) is 9.44. The lowest BCUT2D eigenvalue weighted by molar-refractivity contribution is -0.199. The second-order valence-electron chi connectivity index (χ2n) is 13.1. The summed E-state index contributed by atoms with van der Waals surface area (Å²) >= 11 is 0. The standard InChI is InChI=1S/C30H47BN2O5/c1-8-9-10-20-11-13-21(14-12-20)27(35)33-26(19(4)34)28(36)32-25(15-18(2)3)31-37-24-17-22-16-23(29(22,5)6)30(24,7)38-31/h11-14,18-19,22-26,34H,8-10,15-17H2,1-7H3,(H,32,36)(H,33,35)/t19-,22+,23+,24-,25+,26+,30+/m1/s1. The predicted octanol–water partition coefficient (Wildman–Crippen LogP) is 4.31. The van der Waals surface area contributed by atoms with Crippen molar-refractivity contribution in [3.8, 4) is 0 Å². The minimum absolute atomic E-state index is 0.0170. The molecule has 1 heterocycles. The molecule has 1 aliphatic heterocycles. The van der Waals surface area contributed by atoms with Gasteiger partial charge in [-0.05, 0) is 86.8 Å². The van der Waals surface area contributed by atoms with Gasteiger partial charge < -0.3 is 25.0 Å². The number of amides is 2. The molecule has 4 fully saturated rings. The summed E-state index contributed by atoms with van der Waals surface area (Å²) in [5.41, 5.74) is 1.50. The monoisotopic (exact) mass is 526 g/mol. The third kappa shape index (κ3) is 5.68. The van der Waals surface area contributed by atoms with E-state index >= 15 is 0 Å². The second-order valence-corrected chi connectivity index (χ2v) is 13.1. The Labute approximate surface area is 229 Å². The maximum Gasteiger partial charge on any atom is 0.481 e. The SMILES string of the molecule is CCCCc1ccc(C(=O)N[C@H](C(=O)N[C@@H](CC(C)C)B2O[C@@H]3C[C@@H]4C[C@@H](C4(C)C)[C@]3(C)O2)[C@@H](C)O)cc1. The summed E-state index contributed by atoms with van der Waals surface area (Å²) in [6.45, 7) is 14.7. The maximum absolute atomic E-state index is 13.4. The Morgan fingerprint density at radius 3 is 2.37 bits per heavy atom. The Hall–Kier alpha value is -1.90. The smallest absolute Gasteiger partial charge is 0.404 e. The molecular weight excluding hydrogens is 479 g/mol. The number of aliphatic hydroxyl groups excluding tert-OH is 1. The van der Waals surface area contributed by atoms with E-state index in [1.54, 1.807) is 12.1 Å². The van der Waals surface area contributed by atoms with E-state index in [1.807, 2.05) is 12.1 Å². The zero-order chi connectivity index (χ0) is 27.8. The van der Waals surface area contributed by atoms with Gasteiger partial charge in [0.2, 0.25) is 5.91 Å². The van der Waals surface area contributed by atoms with Crippen LogP contribution >= 0.6 is 0 Å². The average molecular weight is 527 g/mol. The fourth-order valence-corrected chi connectivity index (χ4v) is 6.92. The Balaban J connectivity index is 1.43. The van der Waals surface area contributed by atoms with Gasteiger partial charge in [-0.25, -0.2) is 0 Å². The van der Waals surface area contributed by atoms with E-state index < -0.39 is 25.2 Å². The number of hydrogen-bond donors (Lipinski definition) is 3. The van der Waals surface area contributed by atoms with Gasteiger partial charge in [-0.2, -0.15) is 0 Å². The highest BCUT2D eigenvalue weighted by molar-refractivity contribution is 6.48. The van der Waals surface area contributed by atoms with Crippen molar-refractivity contribution in [2.45, 2.75) is 117 Å². The number of aryl methyl sites for hydroxylation is 1. The van der Waals surface area contributed by atoms with Gasteiger partial charge in [-0.3, -0.25) is 9.59 Å². The lowest BCUT2D eigenvalue weighted by atomic mass is 9.43. The predicted molar refractivity (Wildman–Crippen MR) is 149 cm³/mol. The lowest BCUT2D eigenvalue weighted by Crippen LogP contribution is -2.65. The highest BCUT2D eigenvalue weighted by Crippen LogP contribution is 2.65. The molecular formula is C30H47BN2O5. The molecule has 2 amide bonds. The fraction of sp³-hybridized carbons (Fsp3) is 0.733. The van der Waals surface area contributed by atoms with Crippen molar-refractivity contribution < 1.29 is 24.0 Å². The minimum atomic E-state index is -1.09. The summed E-state index contributed by atoms with van der Waals surface area (Å²) < 4.78 is 13.1. The van der Waals surface area contributed by atoms with Crippen LogP contribution in [0.2, 0.25) is 0 Å². The van der Waals surface area contributed by atoms with Gasteiger partial charge in [0, 0.05) is 5.56 Å². The molecule has 7 nitrogen and oxygen atoms in total. The van der Waals surface area contributed by atoms with Gasteiger partial charge in [0.25, 0.3) is 5.91 Å². The zero-order valence-corrected chi connectivity index (χ0v) is 24.3. The molecule has 0 spiro atoms. The fourth-order valence-electron chi connectivity index (χ4n) is 6.92. The van der Waals surface area contributed by atoms with Crippen LogP contribution in [0, 0.1) is 23.2 Å². The van der Waals surface area contributed by atoms with E-state index in [-0.39, 0.29) is 29.0 Å². The van der Waals surface area contributed by atoms with E-state index in [0.717, 1.165) is 32.1 Å². The van der Waals surface area contributed by atoms with Gasteiger partial charge >= 0.3 is 7.12 Å². The van der Waals surface area contributed by atoms with E-state index in [0.29, 0.717) is 29.7 Å². The van der Waals surface area contributed by atoms with Crippen molar-refractivity contribution in [1.29, 1.82) is 0 Å². The summed E-state index contributed by atoms with van der Waals surface area (Å²) in [4.78, 5) is 26.4. The Morgan fingerprint density at radius 1 is 1.11 bits per heavy atom. The molecule has 0 unspecified atom stereocenters. The highest BCUT2D eigenvalue weighted by Gasteiger charge is 2.68. The number of aliphatic hydroxyl groups is 1. The first-order chi connectivity index (χ1) is 17.9. The molecule has 3 aliphatic carbocycles. The van der Waals surface area contributed by atoms with Crippen molar-refractivity contribution in [2.75, 3.05) is 0 Å². The van der Waals surface area contributed by atoms with Crippen LogP contribution in [-0.2, 0) is 20.5 Å². The van der Waals surface area contributed by atoms with Crippen LogP contribution in [0.3, 0.4) is 0 Å². The lowest BCUT2D eigenvalue weighted by Gasteiger charge is -2.64. The summed E-state index contributed by atoms with van der Waals surface area (Å²) in [6, 6.07) is 6.34. The molecule has 7 atom stereocenters.